The summed E-state index contributed by atoms with van der Waals surface area (Å²) < 4.78 is 15.7. The van der Waals surface area contributed by atoms with Crippen LogP contribution in [0.25, 0.3) is 0 Å². The largest absolute Gasteiger partial charge is 0.394 e. The van der Waals surface area contributed by atoms with Gasteiger partial charge in [-0.3, -0.25) is 0 Å². The van der Waals surface area contributed by atoms with E-state index >= 15 is 0 Å². The third kappa shape index (κ3) is 3.71. The molecular weight excluding hydrogens is 332 g/mol. The minimum atomic E-state index is -1.71. The molecule has 0 aromatic heterocycles. The lowest BCUT2D eigenvalue weighted by molar-refractivity contribution is -0.343. The molecule has 2 rings (SSSR count). The van der Waals surface area contributed by atoms with E-state index in [1.807, 2.05) is 0 Å². The predicted octanol–water partition coefficient (Wildman–Crippen LogP) is -5.35. The van der Waals surface area contributed by atoms with E-state index in [-0.39, 0.29) is 0 Å². The van der Waals surface area contributed by atoms with Gasteiger partial charge < -0.3 is 55.1 Å². The Labute approximate surface area is 137 Å². The lowest BCUT2D eigenvalue weighted by Crippen LogP contribution is -2.64. The maximum atomic E-state index is 10.1. The zero-order valence-corrected chi connectivity index (χ0v) is 12.7. The first kappa shape index (κ1) is 19.9. The minimum Gasteiger partial charge on any atom is -0.394 e. The number of hydrogen-bond acceptors (Lipinski definition) is 11. The Morgan fingerprint density at radius 3 is 1.62 bits per heavy atom. The SMILES string of the molecule is OCC1O[C@@H](OC2C(O)[C@H](O)C(CO)O[C@H]2CO)C(O)C(O)[C@@H]1O. The molecule has 6 unspecified atom stereocenters. The van der Waals surface area contributed by atoms with Crippen LogP contribution >= 0.6 is 0 Å². The van der Waals surface area contributed by atoms with Crippen LogP contribution in [-0.2, 0) is 14.2 Å². The van der Waals surface area contributed by atoms with Crippen molar-refractivity contribution in [2.75, 3.05) is 19.8 Å². The normalized spacial score (nSPS) is 50.0. The minimum absolute atomic E-state index is 0.596. The predicted molar refractivity (Wildman–Crippen MR) is 73.5 cm³/mol. The van der Waals surface area contributed by atoms with Gasteiger partial charge in [-0.15, -0.1) is 0 Å². The Morgan fingerprint density at radius 1 is 0.583 bits per heavy atom. The van der Waals surface area contributed by atoms with E-state index in [4.69, 9.17) is 24.4 Å². The maximum absolute atomic E-state index is 10.1. The van der Waals surface area contributed by atoms with Crippen LogP contribution in [0.2, 0.25) is 0 Å². The van der Waals surface area contributed by atoms with Crippen molar-refractivity contribution < 1.29 is 55.1 Å². The van der Waals surface area contributed by atoms with Gasteiger partial charge in [-0.1, -0.05) is 0 Å². The molecule has 11 heteroatoms. The van der Waals surface area contributed by atoms with Crippen molar-refractivity contribution in [1.82, 2.24) is 0 Å². The van der Waals surface area contributed by atoms with Crippen LogP contribution in [-0.4, -0.2) is 122 Å². The maximum Gasteiger partial charge on any atom is 0.187 e. The Morgan fingerprint density at radius 2 is 1.08 bits per heavy atom. The number of rotatable bonds is 5. The second-order valence-corrected chi connectivity index (χ2v) is 5.86. The van der Waals surface area contributed by atoms with Gasteiger partial charge in [0.05, 0.1) is 19.8 Å². The molecule has 0 aromatic carbocycles. The molecular formula is C13H24O11. The molecule has 2 aliphatic rings. The summed E-state index contributed by atoms with van der Waals surface area (Å²) in [5.41, 5.74) is 0. The fraction of sp³-hybridized carbons (Fsp3) is 1.00. The van der Waals surface area contributed by atoms with E-state index in [1.165, 1.54) is 0 Å². The van der Waals surface area contributed by atoms with E-state index < -0.39 is 81.0 Å². The molecule has 2 saturated heterocycles. The molecule has 8 N–H and O–H groups in total. The molecule has 11 nitrogen and oxygen atoms in total. The highest BCUT2D eigenvalue weighted by Crippen LogP contribution is 2.28. The third-order valence-electron chi connectivity index (χ3n) is 4.28. The van der Waals surface area contributed by atoms with Crippen LogP contribution in [0.3, 0.4) is 0 Å². The fourth-order valence-corrected chi connectivity index (χ4v) is 2.82. The Balaban J connectivity index is 2.12. The van der Waals surface area contributed by atoms with E-state index in [2.05, 4.69) is 0 Å². The molecule has 0 radical (unpaired) electrons. The van der Waals surface area contributed by atoms with Crippen LogP contribution in [0, 0.1) is 0 Å². The number of aliphatic hydroxyl groups is 8. The zero-order valence-electron chi connectivity index (χ0n) is 12.7. The first-order valence-corrected chi connectivity index (χ1v) is 7.55. The molecule has 0 amide bonds. The second kappa shape index (κ2) is 8.29. The molecule has 0 aromatic rings. The van der Waals surface area contributed by atoms with Crippen LogP contribution in [0.4, 0.5) is 0 Å². The highest BCUT2D eigenvalue weighted by molar-refractivity contribution is 4.95. The summed E-state index contributed by atoms with van der Waals surface area (Å²) in [6.45, 7) is -1.88. The molecule has 2 aliphatic heterocycles. The van der Waals surface area contributed by atoms with Gasteiger partial charge in [0.1, 0.15) is 54.9 Å². The molecule has 24 heavy (non-hydrogen) atoms. The smallest absolute Gasteiger partial charge is 0.187 e. The standard InChI is InChI=1S/C13H24O11/c14-1-4-8(18)10(20)12(6(3-16)22-4)24-13-11(21)9(19)7(17)5(2-15)23-13/h4-21H,1-3H2/t4?,5?,6-,7+,8+,9?,10?,11?,12?,13-/m0/s1. The molecule has 0 saturated carbocycles. The summed E-state index contributed by atoms with van der Waals surface area (Å²) in [7, 11) is 0. The Kier molecular flexibility index (Phi) is 6.87. The molecule has 0 spiro atoms. The Bertz CT molecular complexity index is 392. The third-order valence-corrected chi connectivity index (χ3v) is 4.28. The molecule has 142 valence electrons. The van der Waals surface area contributed by atoms with Gasteiger partial charge in [0.25, 0.3) is 0 Å². The summed E-state index contributed by atoms with van der Waals surface area (Å²) in [5, 5.41) is 77.0. The number of aliphatic hydroxyl groups excluding tert-OH is 8. The van der Waals surface area contributed by atoms with Crippen molar-refractivity contribution in [2.45, 2.75) is 61.2 Å². The number of ether oxygens (including phenoxy) is 3. The first-order chi connectivity index (χ1) is 11.3. The first-order valence-electron chi connectivity index (χ1n) is 7.55. The van der Waals surface area contributed by atoms with E-state index in [9.17, 15) is 30.6 Å². The highest BCUT2D eigenvalue weighted by Gasteiger charge is 2.50. The van der Waals surface area contributed by atoms with Crippen molar-refractivity contribution in [3.05, 3.63) is 0 Å². The summed E-state index contributed by atoms with van der Waals surface area (Å²) in [6.07, 6.45) is -14.5. The Hall–Kier alpha value is -0.440. The van der Waals surface area contributed by atoms with Gasteiger partial charge in [-0.05, 0) is 0 Å². The van der Waals surface area contributed by atoms with Gasteiger partial charge in [-0.2, -0.15) is 0 Å². The van der Waals surface area contributed by atoms with Crippen molar-refractivity contribution in [3.63, 3.8) is 0 Å². The van der Waals surface area contributed by atoms with Gasteiger partial charge in [0.15, 0.2) is 6.29 Å². The highest BCUT2D eigenvalue weighted by atomic mass is 16.7. The zero-order chi connectivity index (χ0) is 18.0. The fourth-order valence-electron chi connectivity index (χ4n) is 2.82. The van der Waals surface area contributed by atoms with Crippen molar-refractivity contribution in [3.8, 4) is 0 Å². The van der Waals surface area contributed by atoms with Gasteiger partial charge in [0.2, 0.25) is 0 Å². The summed E-state index contributed by atoms with van der Waals surface area (Å²) in [6, 6.07) is 0. The van der Waals surface area contributed by atoms with Crippen molar-refractivity contribution in [1.29, 1.82) is 0 Å². The topological polar surface area (TPSA) is 190 Å². The van der Waals surface area contributed by atoms with Crippen LogP contribution in [0.1, 0.15) is 0 Å². The summed E-state index contributed by atoms with van der Waals surface area (Å²) in [5.74, 6) is 0. The van der Waals surface area contributed by atoms with Crippen LogP contribution in [0.15, 0.2) is 0 Å². The number of hydrogen-bond donors (Lipinski definition) is 8. The van der Waals surface area contributed by atoms with E-state index in [0.717, 1.165) is 0 Å². The van der Waals surface area contributed by atoms with Gasteiger partial charge >= 0.3 is 0 Å². The molecule has 0 bridgehead atoms. The summed E-state index contributed by atoms with van der Waals surface area (Å²) in [4.78, 5) is 0. The van der Waals surface area contributed by atoms with E-state index in [0.29, 0.717) is 0 Å². The molecule has 2 fully saturated rings. The van der Waals surface area contributed by atoms with Crippen LogP contribution in [0.5, 0.6) is 0 Å². The summed E-state index contributed by atoms with van der Waals surface area (Å²) >= 11 is 0. The average Bonchev–Trinajstić information content (AvgIpc) is 2.59. The molecule has 2 heterocycles. The molecule has 0 aliphatic carbocycles. The van der Waals surface area contributed by atoms with Gasteiger partial charge in [-0.25, -0.2) is 0 Å². The lowest BCUT2D eigenvalue weighted by atomic mass is 9.94. The monoisotopic (exact) mass is 356 g/mol. The molecule has 10 atom stereocenters. The van der Waals surface area contributed by atoms with Gasteiger partial charge in [0, 0.05) is 0 Å². The second-order valence-electron chi connectivity index (χ2n) is 5.86. The lowest BCUT2D eigenvalue weighted by Gasteiger charge is -2.45. The van der Waals surface area contributed by atoms with E-state index in [1.54, 1.807) is 0 Å². The average molecular weight is 356 g/mol. The van der Waals surface area contributed by atoms with Crippen molar-refractivity contribution in [2.24, 2.45) is 0 Å². The van der Waals surface area contributed by atoms with Crippen molar-refractivity contribution >= 4 is 0 Å². The van der Waals surface area contributed by atoms with Crippen LogP contribution < -0.4 is 0 Å². The quantitative estimate of drug-likeness (QED) is 0.235.